The lowest BCUT2D eigenvalue weighted by Gasteiger charge is -2.35. The smallest absolute Gasteiger partial charge is 0.179 e. The summed E-state index contributed by atoms with van der Waals surface area (Å²) in [6.45, 7) is 7.11. The van der Waals surface area contributed by atoms with Crippen molar-refractivity contribution in [2.24, 2.45) is 0 Å². The molecular weight excluding hydrogens is 264 g/mol. The quantitative estimate of drug-likeness (QED) is 0.865. The summed E-state index contributed by atoms with van der Waals surface area (Å²) in [6.07, 6.45) is 3.32. The second kappa shape index (κ2) is 6.06. The first-order chi connectivity index (χ1) is 10.2. The van der Waals surface area contributed by atoms with Gasteiger partial charge in [-0.05, 0) is 50.9 Å². The number of rotatable bonds is 4. The van der Waals surface area contributed by atoms with E-state index in [1.807, 2.05) is 18.2 Å². The molecule has 2 aliphatic rings. The molecule has 0 spiro atoms. The van der Waals surface area contributed by atoms with Crippen LogP contribution >= 0.6 is 0 Å². The van der Waals surface area contributed by atoms with Gasteiger partial charge in [-0.1, -0.05) is 6.92 Å². The average molecular weight is 288 g/mol. The highest BCUT2D eigenvalue weighted by Gasteiger charge is 2.27. The number of anilines is 1. The van der Waals surface area contributed by atoms with Crippen LogP contribution in [0.1, 0.15) is 43.5 Å². The summed E-state index contributed by atoms with van der Waals surface area (Å²) in [6, 6.07) is 5.87. The lowest BCUT2D eigenvalue weighted by atomic mass is 10.0. The van der Waals surface area contributed by atoms with Crippen molar-refractivity contribution in [1.29, 1.82) is 0 Å². The molecule has 0 aromatic heterocycles. The number of carbonyl (C=O) groups is 1. The number of ketones is 1. The van der Waals surface area contributed by atoms with Gasteiger partial charge in [0.15, 0.2) is 5.78 Å². The van der Waals surface area contributed by atoms with Crippen LogP contribution in [0.5, 0.6) is 5.75 Å². The fraction of sp³-hybridized carbons (Fsp3) is 0.588. The van der Waals surface area contributed by atoms with Crippen LogP contribution in [0.4, 0.5) is 5.69 Å². The lowest BCUT2D eigenvalue weighted by molar-refractivity contribution is 0.0952. The van der Waals surface area contributed by atoms with Crippen LogP contribution in [0.15, 0.2) is 18.2 Å². The molecule has 0 amide bonds. The number of nitrogens with one attached hydrogen (secondary N) is 1. The topological polar surface area (TPSA) is 41.6 Å². The van der Waals surface area contributed by atoms with E-state index >= 15 is 0 Å². The van der Waals surface area contributed by atoms with Crippen LogP contribution in [0.2, 0.25) is 0 Å². The molecule has 0 bridgehead atoms. The monoisotopic (exact) mass is 288 g/mol. The molecule has 1 N–H and O–H groups in total. The number of hydrogen-bond donors (Lipinski definition) is 1. The molecule has 21 heavy (non-hydrogen) atoms. The molecule has 1 fully saturated rings. The molecule has 1 aromatic carbocycles. The molecule has 2 unspecified atom stereocenters. The summed E-state index contributed by atoms with van der Waals surface area (Å²) in [4.78, 5) is 14.9. The Morgan fingerprint density at radius 2 is 2.33 bits per heavy atom. The van der Waals surface area contributed by atoms with Gasteiger partial charge in [0, 0.05) is 12.1 Å². The fourth-order valence-electron chi connectivity index (χ4n) is 3.27. The predicted octanol–water partition coefficient (Wildman–Crippen LogP) is 2.62. The van der Waals surface area contributed by atoms with E-state index in [0.717, 1.165) is 55.9 Å². The maximum absolute atomic E-state index is 12.5. The number of carbonyl (C=O) groups excluding carboxylic acids is 1. The molecular formula is C17H24N2O2. The van der Waals surface area contributed by atoms with Crippen molar-refractivity contribution >= 4 is 11.5 Å². The van der Waals surface area contributed by atoms with Crippen LogP contribution in [0, 0.1) is 0 Å². The predicted molar refractivity (Wildman–Crippen MR) is 84.4 cm³/mol. The number of Topliss-reactive ketones (excluding diaryl/α,β-unsaturated/α-hetero) is 1. The second-order valence-corrected chi connectivity index (χ2v) is 6.07. The van der Waals surface area contributed by atoms with E-state index in [-0.39, 0.29) is 17.9 Å². The van der Waals surface area contributed by atoms with Crippen LogP contribution < -0.4 is 15.0 Å². The summed E-state index contributed by atoms with van der Waals surface area (Å²) >= 11 is 0. The van der Waals surface area contributed by atoms with Crippen molar-refractivity contribution in [2.75, 3.05) is 24.5 Å². The Kier molecular flexibility index (Phi) is 4.15. The Balaban J connectivity index is 1.88. The molecule has 3 rings (SSSR count). The van der Waals surface area contributed by atoms with Gasteiger partial charge in [0.05, 0.1) is 18.3 Å². The van der Waals surface area contributed by atoms with E-state index in [4.69, 9.17) is 4.74 Å². The summed E-state index contributed by atoms with van der Waals surface area (Å²) in [5, 5.41) is 3.28. The third-order valence-corrected chi connectivity index (χ3v) is 4.26. The molecule has 2 aliphatic heterocycles. The van der Waals surface area contributed by atoms with Crippen molar-refractivity contribution in [3.8, 4) is 5.75 Å². The summed E-state index contributed by atoms with van der Waals surface area (Å²) in [5.74, 6) is 1.11. The molecule has 2 atom stereocenters. The molecule has 1 aromatic rings. The van der Waals surface area contributed by atoms with Crippen molar-refractivity contribution in [3.05, 3.63) is 23.8 Å². The lowest BCUT2D eigenvalue weighted by Crippen LogP contribution is -2.39. The van der Waals surface area contributed by atoms with Crippen LogP contribution in [-0.4, -0.2) is 37.6 Å². The molecule has 2 heterocycles. The Labute approximate surface area is 126 Å². The zero-order chi connectivity index (χ0) is 14.8. The van der Waals surface area contributed by atoms with Crippen LogP contribution in [0.25, 0.3) is 0 Å². The molecule has 0 radical (unpaired) electrons. The maximum Gasteiger partial charge on any atom is 0.179 e. The Hall–Kier alpha value is -1.55. The van der Waals surface area contributed by atoms with Crippen molar-refractivity contribution in [3.63, 3.8) is 0 Å². The first-order valence-electron chi connectivity index (χ1n) is 8.02. The average Bonchev–Trinajstić information content (AvgIpc) is 3.00. The van der Waals surface area contributed by atoms with Crippen molar-refractivity contribution in [2.45, 2.75) is 45.3 Å². The van der Waals surface area contributed by atoms with Gasteiger partial charge < -0.3 is 15.0 Å². The number of ether oxygens (including phenoxy) is 1. The van der Waals surface area contributed by atoms with Crippen molar-refractivity contribution < 1.29 is 9.53 Å². The minimum Gasteiger partial charge on any atom is -0.487 e. The summed E-state index contributed by atoms with van der Waals surface area (Å²) < 4.78 is 5.90. The Morgan fingerprint density at radius 1 is 1.48 bits per heavy atom. The standard InChI is InChI=1S/C17H24N2O2/c1-3-9-19-11-12(2)21-16-7-6-13(10-15(16)19)17(20)14-5-4-8-18-14/h6-7,10,12,14,18H,3-5,8-9,11H2,1-2H3. The zero-order valence-electron chi connectivity index (χ0n) is 12.9. The third-order valence-electron chi connectivity index (χ3n) is 4.26. The molecule has 4 heteroatoms. The van der Waals surface area contributed by atoms with Crippen LogP contribution in [0.3, 0.4) is 0 Å². The van der Waals surface area contributed by atoms with Gasteiger partial charge >= 0.3 is 0 Å². The van der Waals surface area contributed by atoms with Crippen molar-refractivity contribution in [1.82, 2.24) is 5.32 Å². The van der Waals surface area contributed by atoms with Gasteiger partial charge in [-0.2, -0.15) is 0 Å². The van der Waals surface area contributed by atoms with E-state index in [0.29, 0.717) is 0 Å². The summed E-state index contributed by atoms with van der Waals surface area (Å²) in [7, 11) is 0. The van der Waals surface area contributed by atoms with E-state index in [2.05, 4.69) is 24.1 Å². The maximum atomic E-state index is 12.5. The molecule has 0 saturated carbocycles. The normalized spacial score (nSPS) is 24.6. The van der Waals surface area contributed by atoms with Crippen LogP contribution in [-0.2, 0) is 0 Å². The highest BCUT2D eigenvalue weighted by Crippen LogP contribution is 2.34. The highest BCUT2D eigenvalue weighted by atomic mass is 16.5. The van der Waals surface area contributed by atoms with E-state index in [9.17, 15) is 4.79 Å². The fourth-order valence-corrected chi connectivity index (χ4v) is 3.27. The largest absolute Gasteiger partial charge is 0.487 e. The molecule has 1 saturated heterocycles. The minimum atomic E-state index is -0.00823. The van der Waals surface area contributed by atoms with Gasteiger partial charge in [0.25, 0.3) is 0 Å². The van der Waals surface area contributed by atoms with Gasteiger partial charge in [-0.15, -0.1) is 0 Å². The number of benzene rings is 1. The highest BCUT2D eigenvalue weighted by molar-refractivity contribution is 6.01. The number of hydrogen-bond acceptors (Lipinski definition) is 4. The first-order valence-corrected chi connectivity index (χ1v) is 8.02. The molecule has 4 nitrogen and oxygen atoms in total. The minimum absolute atomic E-state index is 0.00823. The third kappa shape index (κ3) is 2.91. The second-order valence-electron chi connectivity index (χ2n) is 6.07. The van der Waals surface area contributed by atoms with Gasteiger partial charge in [0.1, 0.15) is 11.9 Å². The Bertz CT molecular complexity index is 524. The first kappa shape index (κ1) is 14.4. The molecule has 114 valence electrons. The van der Waals surface area contributed by atoms with Gasteiger partial charge in [-0.25, -0.2) is 0 Å². The van der Waals surface area contributed by atoms with Gasteiger partial charge in [-0.3, -0.25) is 4.79 Å². The molecule has 0 aliphatic carbocycles. The number of fused-ring (bicyclic) bond motifs is 1. The zero-order valence-corrected chi connectivity index (χ0v) is 12.9. The Morgan fingerprint density at radius 3 is 3.05 bits per heavy atom. The summed E-state index contributed by atoms with van der Waals surface area (Å²) in [5.41, 5.74) is 1.87. The SMILES string of the molecule is CCCN1CC(C)Oc2ccc(C(=O)C3CCCN3)cc21. The van der Waals surface area contributed by atoms with Gasteiger partial charge in [0.2, 0.25) is 0 Å². The van der Waals surface area contributed by atoms with E-state index in [1.54, 1.807) is 0 Å². The number of nitrogens with zero attached hydrogens (tertiary/aromatic N) is 1. The van der Waals surface area contributed by atoms with E-state index < -0.39 is 0 Å². The van der Waals surface area contributed by atoms with E-state index in [1.165, 1.54) is 0 Å².